The molecule has 0 aliphatic carbocycles. The van der Waals surface area contributed by atoms with Gasteiger partial charge in [0.25, 0.3) is 0 Å². The first-order valence-corrected chi connectivity index (χ1v) is 5.09. The second-order valence-corrected chi connectivity index (χ2v) is 3.65. The van der Waals surface area contributed by atoms with Crippen molar-refractivity contribution >= 4 is 5.97 Å². The lowest BCUT2D eigenvalue weighted by molar-refractivity contribution is -0.138. The van der Waals surface area contributed by atoms with Gasteiger partial charge in [-0.1, -0.05) is 0 Å². The van der Waals surface area contributed by atoms with Crippen LogP contribution < -0.4 is 5.73 Å². The van der Waals surface area contributed by atoms with Gasteiger partial charge in [0.15, 0.2) is 0 Å². The number of carboxylic acids is 1. The number of piperazine rings is 1. The van der Waals surface area contributed by atoms with Crippen LogP contribution in [0.25, 0.3) is 0 Å². The van der Waals surface area contributed by atoms with Crippen molar-refractivity contribution in [2.45, 2.75) is 6.42 Å². The third-order valence-electron chi connectivity index (χ3n) is 2.50. The highest BCUT2D eigenvalue weighted by Gasteiger charge is 2.17. The predicted molar refractivity (Wildman–Crippen MR) is 54.2 cm³/mol. The second kappa shape index (κ2) is 5.95. The molecule has 0 aromatic carbocycles. The highest BCUT2D eigenvalue weighted by atomic mass is 16.4. The van der Waals surface area contributed by atoms with E-state index in [0.717, 1.165) is 45.7 Å². The van der Waals surface area contributed by atoms with Gasteiger partial charge in [-0.15, -0.1) is 0 Å². The smallest absolute Gasteiger partial charge is 0.317 e. The lowest BCUT2D eigenvalue weighted by Crippen LogP contribution is -2.48. The Morgan fingerprint density at radius 3 is 2.29 bits per heavy atom. The molecule has 1 rings (SSSR count). The molecular weight excluding hydrogens is 182 g/mol. The van der Waals surface area contributed by atoms with Crippen LogP contribution in [-0.4, -0.2) is 66.7 Å². The Balaban J connectivity index is 2.14. The molecule has 82 valence electrons. The summed E-state index contributed by atoms with van der Waals surface area (Å²) in [7, 11) is 0. The van der Waals surface area contributed by atoms with E-state index in [9.17, 15) is 4.79 Å². The van der Waals surface area contributed by atoms with Crippen molar-refractivity contribution in [1.82, 2.24) is 9.80 Å². The fraction of sp³-hybridized carbons (Fsp3) is 0.889. The summed E-state index contributed by atoms with van der Waals surface area (Å²) in [6.45, 7) is 5.59. The number of hydrogen-bond acceptors (Lipinski definition) is 4. The van der Waals surface area contributed by atoms with Gasteiger partial charge in [0.2, 0.25) is 0 Å². The fourth-order valence-corrected chi connectivity index (χ4v) is 1.68. The van der Waals surface area contributed by atoms with Crippen LogP contribution in [0.1, 0.15) is 6.42 Å². The number of aliphatic carboxylic acids is 1. The van der Waals surface area contributed by atoms with E-state index in [1.54, 1.807) is 0 Å². The summed E-state index contributed by atoms with van der Waals surface area (Å²) >= 11 is 0. The summed E-state index contributed by atoms with van der Waals surface area (Å²) in [6, 6.07) is 0. The Labute approximate surface area is 84.5 Å². The van der Waals surface area contributed by atoms with Crippen LogP contribution >= 0.6 is 0 Å². The molecule has 5 nitrogen and oxygen atoms in total. The normalized spacial score (nSPS) is 19.8. The zero-order chi connectivity index (χ0) is 10.4. The minimum absolute atomic E-state index is 0.171. The molecular formula is C9H19N3O2. The average molecular weight is 201 g/mol. The number of rotatable bonds is 5. The molecule has 14 heavy (non-hydrogen) atoms. The van der Waals surface area contributed by atoms with Gasteiger partial charge >= 0.3 is 5.97 Å². The molecule has 0 spiro atoms. The lowest BCUT2D eigenvalue weighted by atomic mass is 10.3. The molecule has 1 fully saturated rings. The van der Waals surface area contributed by atoms with Crippen molar-refractivity contribution in [3.05, 3.63) is 0 Å². The number of carboxylic acid groups (broad SMARTS) is 1. The van der Waals surface area contributed by atoms with E-state index in [1.807, 2.05) is 4.90 Å². The first-order chi connectivity index (χ1) is 6.72. The van der Waals surface area contributed by atoms with Gasteiger partial charge in [-0.2, -0.15) is 0 Å². The third-order valence-corrected chi connectivity index (χ3v) is 2.50. The van der Waals surface area contributed by atoms with E-state index in [1.165, 1.54) is 0 Å². The molecule has 0 amide bonds. The molecule has 0 radical (unpaired) electrons. The van der Waals surface area contributed by atoms with E-state index in [0.29, 0.717) is 0 Å². The minimum Gasteiger partial charge on any atom is -0.480 e. The Morgan fingerprint density at radius 2 is 1.79 bits per heavy atom. The Hall–Kier alpha value is -0.650. The molecule has 5 heteroatoms. The predicted octanol–water partition coefficient (Wildman–Crippen LogP) is -0.963. The molecule has 3 N–H and O–H groups in total. The first kappa shape index (κ1) is 11.4. The molecule has 0 unspecified atom stereocenters. The minimum atomic E-state index is -0.736. The van der Waals surface area contributed by atoms with Gasteiger partial charge in [-0.25, -0.2) is 0 Å². The summed E-state index contributed by atoms with van der Waals surface area (Å²) in [4.78, 5) is 14.8. The first-order valence-electron chi connectivity index (χ1n) is 5.09. The van der Waals surface area contributed by atoms with Crippen LogP contribution in [0.5, 0.6) is 0 Å². The molecule has 0 saturated carbocycles. The fourth-order valence-electron chi connectivity index (χ4n) is 1.68. The highest BCUT2D eigenvalue weighted by molar-refractivity contribution is 5.69. The summed E-state index contributed by atoms with van der Waals surface area (Å²) < 4.78 is 0. The third kappa shape index (κ3) is 4.04. The molecule has 1 aliphatic rings. The summed E-state index contributed by atoms with van der Waals surface area (Å²) in [5.74, 6) is -0.736. The van der Waals surface area contributed by atoms with E-state index < -0.39 is 5.97 Å². The van der Waals surface area contributed by atoms with Crippen LogP contribution in [0, 0.1) is 0 Å². The molecule has 1 heterocycles. The van der Waals surface area contributed by atoms with Gasteiger partial charge < -0.3 is 15.7 Å². The van der Waals surface area contributed by atoms with Gasteiger partial charge in [-0.3, -0.25) is 9.69 Å². The van der Waals surface area contributed by atoms with E-state index in [2.05, 4.69) is 4.90 Å². The molecule has 0 bridgehead atoms. The standard InChI is InChI=1S/C9H19N3O2/c10-2-1-3-11-4-6-12(7-5-11)8-9(13)14/h1-8,10H2,(H,13,14). The van der Waals surface area contributed by atoms with Crippen molar-refractivity contribution in [3.8, 4) is 0 Å². The molecule has 1 saturated heterocycles. The topological polar surface area (TPSA) is 69.8 Å². The maximum Gasteiger partial charge on any atom is 0.317 e. The Kier molecular flexibility index (Phi) is 4.86. The van der Waals surface area contributed by atoms with Gasteiger partial charge in [-0.05, 0) is 19.5 Å². The van der Waals surface area contributed by atoms with Crippen molar-refractivity contribution < 1.29 is 9.90 Å². The number of hydrogen-bond donors (Lipinski definition) is 2. The Morgan fingerprint density at radius 1 is 1.21 bits per heavy atom. The van der Waals surface area contributed by atoms with Gasteiger partial charge in [0, 0.05) is 26.2 Å². The number of nitrogens with two attached hydrogens (primary N) is 1. The van der Waals surface area contributed by atoms with Crippen molar-refractivity contribution in [2.75, 3.05) is 45.8 Å². The van der Waals surface area contributed by atoms with Gasteiger partial charge in [0.05, 0.1) is 6.54 Å². The average Bonchev–Trinajstić information content (AvgIpc) is 2.16. The zero-order valence-electron chi connectivity index (χ0n) is 8.48. The van der Waals surface area contributed by atoms with Crippen molar-refractivity contribution in [2.24, 2.45) is 5.73 Å². The lowest BCUT2D eigenvalue weighted by Gasteiger charge is -2.33. The van der Waals surface area contributed by atoms with Crippen LogP contribution in [0.15, 0.2) is 0 Å². The van der Waals surface area contributed by atoms with Crippen LogP contribution in [0.2, 0.25) is 0 Å². The monoisotopic (exact) mass is 201 g/mol. The van der Waals surface area contributed by atoms with Gasteiger partial charge in [0.1, 0.15) is 0 Å². The van der Waals surface area contributed by atoms with Crippen LogP contribution in [0.3, 0.4) is 0 Å². The van der Waals surface area contributed by atoms with Crippen LogP contribution in [-0.2, 0) is 4.79 Å². The SMILES string of the molecule is NCCCN1CCN(CC(=O)O)CC1. The van der Waals surface area contributed by atoms with E-state index in [4.69, 9.17) is 10.8 Å². The molecule has 1 aliphatic heterocycles. The number of nitrogens with zero attached hydrogens (tertiary/aromatic N) is 2. The van der Waals surface area contributed by atoms with Crippen molar-refractivity contribution in [1.29, 1.82) is 0 Å². The highest BCUT2D eigenvalue weighted by Crippen LogP contribution is 2.01. The van der Waals surface area contributed by atoms with Crippen molar-refractivity contribution in [3.63, 3.8) is 0 Å². The summed E-state index contributed by atoms with van der Waals surface area (Å²) in [6.07, 6.45) is 1.03. The molecule has 0 aromatic heterocycles. The van der Waals surface area contributed by atoms with E-state index in [-0.39, 0.29) is 6.54 Å². The van der Waals surface area contributed by atoms with Crippen LogP contribution in [0.4, 0.5) is 0 Å². The quantitative estimate of drug-likeness (QED) is 0.599. The molecule has 0 aromatic rings. The second-order valence-electron chi connectivity index (χ2n) is 3.65. The largest absolute Gasteiger partial charge is 0.480 e. The maximum absolute atomic E-state index is 10.4. The number of carbonyl (C=O) groups is 1. The zero-order valence-corrected chi connectivity index (χ0v) is 8.48. The molecule has 0 atom stereocenters. The summed E-state index contributed by atoms with van der Waals surface area (Å²) in [5.41, 5.74) is 5.42. The summed E-state index contributed by atoms with van der Waals surface area (Å²) in [5, 5.41) is 8.60. The Bertz CT molecular complexity index is 179. The van der Waals surface area contributed by atoms with E-state index >= 15 is 0 Å². The maximum atomic E-state index is 10.4.